The number of carbonyl (C=O) groups is 2. The van der Waals surface area contributed by atoms with Gasteiger partial charge in [0.15, 0.2) is 6.61 Å². The molecule has 32 heavy (non-hydrogen) atoms. The van der Waals surface area contributed by atoms with E-state index in [2.05, 4.69) is 5.32 Å². The first-order valence-electron chi connectivity index (χ1n) is 10.5. The average molecular weight is 451 g/mol. The first-order chi connectivity index (χ1) is 15.5. The molecule has 0 aliphatic carbocycles. The van der Waals surface area contributed by atoms with Crippen molar-refractivity contribution >= 4 is 23.4 Å². The Labute approximate surface area is 194 Å². The lowest BCUT2D eigenvalue weighted by atomic mass is 10.0. The summed E-state index contributed by atoms with van der Waals surface area (Å²) in [5, 5.41) is 3.13. The lowest BCUT2D eigenvalue weighted by Gasteiger charge is -2.31. The fourth-order valence-corrected chi connectivity index (χ4v) is 3.59. The van der Waals surface area contributed by atoms with Gasteiger partial charge in [-0.25, -0.2) is 0 Å². The quantitative estimate of drug-likeness (QED) is 0.525. The normalized spacial score (nSPS) is 11.5. The second-order valence-electron chi connectivity index (χ2n) is 7.55. The third kappa shape index (κ3) is 6.34. The second-order valence-corrected chi connectivity index (χ2v) is 7.95. The first-order valence-corrected chi connectivity index (χ1v) is 10.8. The van der Waals surface area contributed by atoms with Crippen molar-refractivity contribution in [3.63, 3.8) is 0 Å². The molecule has 0 aliphatic rings. The minimum Gasteiger partial charge on any atom is -0.482 e. The van der Waals surface area contributed by atoms with Gasteiger partial charge in [0.1, 0.15) is 11.8 Å². The van der Waals surface area contributed by atoms with Crippen LogP contribution in [0.4, 0.5) is 0 Å². The van der Waals surface area contributed by atoms with Crippen molar-refractivity contribution in [2.75, 3.05) is 13.7 Å². The molecule has 0 aliphatic heterocycles. The van der Waals surface area contributed by atoms with Crippen molar-refractivity contribution in [3.05, 3.63) is 101 Å². The zero-order valence-corrected chi connectivity index (χ0v) is 19.0. The van der Waals surface area contributed by atoms with Gasteiger partial charge in [-0.05, 0) is 30.2 Å². The third-order valence-corrected chi connectivity index (χ3v) is 5.49. The number of nitrogens with one attached hydrogen (secondary N) is 1. The van der Waals surface area contributed by atoms with E-state index in [1.165, 1.54) is 0 Å². The van der Waals surface area contributed by atoms with Gasteiger partial charge in [-0.15, -0.1) is 0 Å². The number of aryl methyl sites for hydroxylation is 1. The summed E-state index contributed by atoms with van der Waals surface area (Å²) in [5.74, 6) is -0.0977. The Morgan fingerprint density at radius 3 is 2.25 bits per heavy atom. The molecule has 3 aromatic rings. The lowest BCUT2D eigenvalue weighted by molar-refractivity contribution is -0.142. The maximum absolute atomic E-state index is 13.3. The van der Waals surface area contributed by atoms with Gasteiger partial charge in [0.05, 0.1) is 5.02 Å². The van der Waals surface area contributed by atoms with Crippen LogP contribution in [0.2, 0.25) is 5.02 Å². The van der Waals surface area contributed by atoms with Crippen molar-refractivity contribution < 1.29 is 14.3 Å². The Morgan fingerprint density at radius 1 is 0.938 bits per heavy atom. The minimum atomic E-state index is -0.689. The molecule has 0 heterocycles. The van der Waals surface area contributed by atoms with Gasteiger partial charge in [0.25, 0.3) is 5.91 Å². The Morgan fingerprint density at radius 2 is 1.59 bits per heavy atom. The average Bonchev–Trinajstić information content (AvgIpc) is 2.82. The number of benzene rings is 3. The number of amides is 2. The van der Waals surface area contributed by atoms with E-state index < -0.39 is 6.04 Å². The number of para-hydroxylation sites is 1. The molecule has 0 saturated heterocycles. The summed E-state index contributed by atoms with van der Waals surface area (Å²) >= 11 is 6.16. The number of hydrogen-bond acceptors (Lipinski definition) is 3. The van der Waals surface area contributed by atoms with E-state index in [0.717, 1.165) is 16.7 Å². The van der Waals surface area contributed by atoms with Crippen LogP contribution in [0.3, 0.4) is 0 Å². The van der Waals surface area contributed by atoms with Crippen molar-refractivity contribution in [2.45, 2.75) is 25.9 Å². The van der Waals surface area contributed by atoms with Crippen LogP contribution in [0.1, 0.15) is 16.7 Å². The maximum Gasteiger partial charge on any atom is 0.261 e. The van der Waals surface area contributed by atoms with Crippen LogP contribution in [0.25, 0.3) is 0 Å². The molecule has 6 heteroatoms. The van der Waals surface area contributed by atoms with Gasteiger partial charge < -0.3 is 15.0 Å². The highest BCUT2D eigenvalue weighted by Gasteiger charge is 2.30. The predicted molar refractivity (Wildman–Crippen MR) is 127 cm³/mol. The van der Waals surface area contributed by atoms with Crippen molar-refractivity contribution in [3.8, 4) is 5.75 Å². The van der Waals surface area contributed by atoms with Gasteiger partial charge >= 0.3 is 0 Å². The van der Waals surface area contributed by atoms with Gasteiger partial charge in [0.2, 0.25) is 5.91 Å². The molecule has 5 nitrogen and oxygen atoms in total. The number of likely N-dealkylation sites (N-methyl/N-ethyl adjacent to an activating group) is 1. The SMILES string of the molecule is CNC(=O)[C@H](Cc1ccccc1)N(Cc1ccc(C)cc1)C(=O)COc1ccccc1Cl. The van der Waals surface area contributed by atoms with E-state index in [4.69, 9.17) is 16.3 Å². The fraction of sp³-hybridized carbons (Fsp3) is 0.231. The zero-order valence-electron chi connectivity index (χ0n) is 18.3. The molecular weight excluding hydrogens is 424 g/mol. The van der Waals surface area contributed by atoms with Gasteiger partial charge in [-0.3, -0.25) is 9.59 Å². The van der Waals surface area contributed by atoms with Gasteiger partial charge in [-0.1, -0.05) is 83.9 Å². The fourth-order valence-electron chi connectivity index (χ4n) is 3.39. The monoisotopic (exact) mass is 450 g/mol. The molecule has 0 unspecified atom stereocenters. The summed E-state index contributed by atoms with van der Waals surface area (Å²) in [5.41, 5.74) is 3.03. The Hall–Kier alpha value is -3.31. The van der Waals surface area contributed by atoms with Crippen LogP contribution in [-0.4, -0.2) is 36.4 Å². The summed E-state index contributed by atoms with van der Waals surface area (Å²) in [6.07, 6.45) is 0.393. The number of nitrogens with zero attached hydrogens (tertiary/aromatic N) is 1. The van der Waals surface area contributed by atoms with Crippen LogP contribution in [0.15, 0.2) is 78.9 Å². The molecule has 0 fully saturated rings. The van der Waals surface area contributed by atoms with E-state index in [9.17, 15) is 9.59 Å². The van der Waals surface area contributed by atoms with Gasteiger partial charge in [-0.2, -0.15) is 0 Å². The topological polar surface area (TPSA) is 58.6 Å². The molecule has 0 saturated carbocycles. The van der Waals surface area contributed by atoms with Crippen LogP contribution < -0.4 is 10.1 Å². The summed E-state index contributed by atoms with van der Waals surface area (Å²) in [6, 6.07) is 23.9. The molecule has 3 rings (SSSR count). The molecular formula is C26H27ClN2O3. The predicted octanol–water partition coefficient (Wildman–Crippen LogP) is 4.41. The van der Waals surface area contributed by atoms with E-state index in [0.29, 0.717) is 17.2 Å². The van der Waals surface area contributed by atoms with Crippen LogP contribution in [0.5, 0.6) is 5.75 Å². The molecule has 1 N–H and O–H groups in total. The summed E-state index contributed by atoms with van der Waals surface area (Å²) in [6.45, 7) is 2.07. The highest BCUT2D eigenvalue weighted by atomic mass is 35.5. The molecule has 0 bridgehead atoms. The maximum atomic E-state index is 13.3. The lowest BCUT2D eigenvalue weighted by Crippen LogP contribution is -2.51. The van der Waals surface area contributed by atoms with Crippen molar-refractivity contribution in [2.24, 2.45) is 0 Å². The molecule has 1 atom stereocenters. The van der Waals surface area contributed by atoms with Crippen molar-refractivity contribution in [1.29, 1.82) is 0 Å². The molecule has 166 valence electrons. The number of rotatable bonds is 9. The van der Waals surface area contributed by atoms with Crippen LogP contribution >= 0.6 is 11.6 Å². The minimum absolute atomic E-state index is 0.224. The highest BCUT2D eigenvalue weighted by Crippen LogP contribution is 2.23. The summed E-state index contributed by atoms with van der Waals surface area (Å²) < 4.78 is 5.70. The third-order valence-electron chi connectivity index (χ3n) is 5.18. The van der Waals surface area contributed by atoms with E-state index in [1.54, 1.807) is 36.2 Å². The zero-order chi connectivity index (χ0) is 22.9. The smallest absolute Gasteiger partial charge is 0.261 e. The Balaban J connectivity index is 1.87. The van der Waals surface area contributed by atoms with Crippen molar-refractivity contribution in [1.82, 2.24) is 10.2 Å². The summed E-state index contributed by atoms with van der Waals surface area (Å²) in [7, 11) is 1.58. The molecule has 3 aromatic carbocycles. The first kappa shape index (κ1) is 23.4. The van der Waals surface area contributed by atoms with E-state index >= 15 is 0 Å². The Kier molecular flexibility index (Phi) is 8.28. The number of halogens is 1. The molecule has 0 radical (unpaired) electrons. The van der Waals surface area contributed by atoms with E-state index in [1.807, 2.05) is 61.5 Å². The standard InChI is InChI=1S/C26H27ClN2O3/c1-19-12-14-21(15-13-19)17-29(25(30)18-32-24-11-7-6-10-22(24)27)23(26(31)28-2)16-20-8-4-3-5-9-20/h3-15,23H,16-18H2,1-2H3,(H,28,31)/t23-/m0/s1. The van der Waals surface area contributed by atoms with Crippen LogP contribution in [-0.2, 0) is 22.6 Å². The summed E-state index contributed by atoms with van der Waals surface area (Å²) in [4.78, 5) is 27.8. The van der Waals surface area contributed by atoms with Crippen LogP contribution in [0, 0.1) is 6.92 Å². The second kappa shape index (κ2) is 11.3. The van der Waals surface area contributed by atoms with Gasteiger partial charge in [0, 0.05) is 20.0 Å². The largest absolute Gasteiger partial charge is 0.482 e. The Bertz CT molecular complexity index is 1040. The molecule has 2 amide bonds. The van der Waals surface area contributed by atoms with E-state index in [-0.39, 0.29) is 25.0 Å². The number of ether oxygens (including phenoxy) is 1. The number of carbonyl (C=O) groups excluding carboxylic acids is 2. The highest BCUT2D eigenvalue weighted by molar-refractivity contribution is 6.32. The molecule has 0 spiro atoms. The molecule has 0 aromatic heterocycles. The number of hydrogen-bond donors (Lipinski definition) is 1.